The average molecular weight is 540 g/mol. The molecule has 0 aliphatic carbocycles. The molecule has 0 atom stereocenters. The molecule has 0 saturated carbocycles. The van der Waals surface area contributed by atoms with E-state index in [0.29, 0.717) is 23.4 Å². The molecule has 4 aromatic rings. The van der Waals surface area contributed by atoms with E-state index in [-0.39, 0.29) is 40.3 Å². The molecule has 0 unspecified atom stereocenters. The zero-order chi connectivity index (χ0) is 29.0. The molecule has 9 nitrogen and oxygen atoms in total. The molecule has 0 amide bonds. The highest BCUT2D eigenvalue weighted by Gasteiger charge is 2.24. The van der Waals surface area contributed by atoms with Gasteiger partial charge in [-0.05, 0) is 78.6 Å². The second-order valence-corrected chi connectivity index (χ2v) is 9.26. The maximum Gasteiger partial charge on any atom is 0.329 e. The number of carbonyl (C=O) groups excluding carboxylic acids is 1. The zero-order valence-corrected chi connectivity index (χ0v) is 22.2. The van der Waals surface area contributed by atoms with Gasteiger partial charge >= 0.3 is 5.69 Å². The number of pyridine rings is 1. The van der Waals surface area contributed by atoms with Gasteiger partial charge in [0.05, 0.1) is 30.9 Å². The van der Waals surface area contributed by atoms with Crippen LogP contribution in [-0.2, 0) is 13.1 Å². The summed E-state index contributed by atoms with van der Waals surface area (Å²) < 4.78 is 20.8. The minimum atomic E-state index is -0.850. The van der Waals surface area contributed by atoms with Gasteiger partial charge in [0.25, 0.3) is 5.56 Å². The number of aryl methyl sites for hydroxylation is 1. The number of aromatic nitrogens is 3. The lowest BCUT2D eigenvalue weighted by molar-refractivity contribution is 0.102. The Bertz CT molecular complexity index is 1780. The Balaban J connectivity index is 1.76. The van der Waals surface area contributed by atoms with Gasteiger partial charge in [-0.3, -0.25) is 19.1 Å². The number of ketones is 1. The van der Waals surface area contributed by atoms with E-state index >= 15 is 0 Å². The number of nitriles is 1. The van der Waals surface area contributed by atoms with Crippen LogP contribution in [0.15, 0.2) is 70.8 Å². The summed E-state index contributed by atoms with van der Waals surface area (Å²) in [4.78, 5) is 45.7. The normalized spacial score (nSPS) is 10.6. The number of hydrogen-bond acceptors (Lipinski definition) is 7. The highest BCUT2D eigenvalue weighted by Crippen LogP contribution is 2.21. The molecular formula is C30H26FN5O4. The first-order valence-corrected chi connectivity index (χ1v) is 12.2. The van der Waals surface area contributed by atoms with Gasteiger partial charge in [0.1, 0.15) is 17.3 Å². The van der Waals surface area contributed by atoms with Gasteiger partial charge in [0.2, 0.25) is 11.7 Å². The molecule has 2 aromatic carbocycles. The molecule has 40 heavy (non-hydrogen) atoms. The van der Waals surface area contributed by atoms with Crippen molar-refractivity contribution in [1.29, 1.82) is 5.26 Å². The highest BCUT2D eigenvalue weighted by molar-refractivity contribution is 6.10. The van der Waals surface area contributed by atoms with Crippen LogP contribution < -0.4 is 21.3 Å². The van der Waals surface area contributed by atoms with Gasteiger partial charge in [-0.25, -0.2) is 9.78 Å². The fourth-order valence-electron chi connectivity index (χ4n) is 4.32. The first kappa shape index (κ1) is 27.7. The highest BCUT2D eigenvalue weighted by atomic mass is 19.1. The van der Waals surface area contributed by atoms with E-state index < -0.39 is 23.0 Å². The van der Waals surface area contributed by atoms with Crippen LogP contribution in [-0.4, -0.2) is 27.4 Å². The van der Waals surface area contributed by atoms with Crippen molar-refractivity contribution in [2.45, 2.75) is 26.9 Å². The van der Waals surface area contributed by atoms with Crippen LogP contribution in [0.25, 0.3) is 5.57 Å². The van der Waals surface area contributed by atoms with Crippen molar-refractivity contribution in [2.24, 2.45) is 0 Å². The molecule has 0 aliphatic rings. The maximum absolute atomic E-state index is 14.6. The largest absolute Gasteiger partial charge is 0.497 e. The first-order chi connectivity index (χ1) is 19.1. The van der Waals surface area contributed by atoms with E-state index in [1.54, 1.807) is 51.3 Å². The summed E-state index contributed by atoms with van der Waals surface area (Å²) in [5.41, 5.74) is 0.614. The smallest absolute Gasteiger partial charge is 0.329 e. The van der Waals surface area contributed by atoms with Crippen LogP contribution in [0.5, 0.6) is 5.75 Å². The van der Waals surface area contributed by atoms with E-state index in [0.717, 1.165) is 16.2 Å². The Morgan fingerprint density at radius 2 is 1.88 bits per heavy atom. The summed E-state index contributed by atoms with van der Waals surface area (Å²) in [5, 5.41) is 12.4. The Morgan fingerprint density at radius 3 is 2.52 bits per heavy atom. The van der Waals surface area contributed by atoms with Gasteiger partial charge in [0.15, 0.2) is 0 Å². The minimum absolute atomic E-state index is 0.0722. The summed E-state index contributed by atoms with van der Waals surface area (Å²) in [7, 11) is 1.57. The van der Waals surface area contributed by atoms with Gasteiger partial charge in [-0.2, -0.15) is 9.65 Å². The number of H-pyrrole nitrogens is 1. The lowest BCUT2D eigenvalue weighted by Crippen LogP contribution is -2.37. The van der Waals surface area contributed by atoms with Crippen molar-refractivity contribution < 1.29 is 13.9 Å². The molecule has 0 radical (unpaired) electrons. The fourth-order valence-corrected chi connectivity index (χ4v) is 4.32. The predicted molar refractivity (Wildman–Crippen MR) is 149 cm³/mol. The second-order valence-electron chi connectivity index (χ2n) is 9.26. The third-order valence-corrected chi connectivity index (χ3v) is 6.14. The Labute approximate surface area is 229 Å². The molecular weight excluding hydrogens is 513 g/mol. The van der Waals surface area contributed by atoms with Crippen molar-refractivity contribution in [3.05, 3.63) is 127 Å². The summed E-state index contributed by atoms with van der Waals surface area (Å²) in [6, 6.07) is 16.6. The lowest BCUT2D eigenvalue weighted by Gasteiger charge is -2.17. The molecule has 2 N–H and O–H groups in total. The number of aromatic amines is 1. The van der Waals surface area contributed by atoms with Crippen molar-refractivity contribution in [2.75, 3.05) is 12.4 Å². The van der Waals surface area contributed by atoms with Crippen LogP contribution in [0.1, 0.15) is 50.8 Å². The molecule has 4 rings (SSSR count). The number of anilines is 1. The van der Waals surface area contributed by atoms with Crippen LogP contribution in [0, 0.1) is 24.2 Å². The molecule has 0 saturated heterocycles. The van der Waals surface area contributed by atoms with E-state index in [1.165, 1.54) is 6.07 Å². The third-order valence-electron chi connectivity index (χ3n) is 6.14. The molecule has 0 aliphatic heterocycles. The molecule has 10 heteroatoms. The number of nitrogens with zero attached hydrogens (tertiary/aromatic N) is 3. The molecule has 0 fully saturated rings. The monoisotopic (exact) mass is 539 g/mol. The zero-order valence-electron chi connectivity index (χ0n) is 22.2. The number of nitrogens with one attached hydrogen (secondary N) is 2. The van der Waals surface area contributed by atoms with Crippen molar-refractivity contribution in [3.63, 3.8) is 0 Å². The number of carbonyl (C=O) groups is 1. The average Bonchev–Trinajstić information content (AvgIpc) is 2.92. The number of methoxy groups -OCH3 is 1. The maximum atomic E-state index is 14.6. The molecule has 0 spiro atoms. The van der Waals surface area contributed by atoms with E-state index in [2.05, 4.69) is 21.9 Å². The fraction of sp³-hybridized carbons (Fsp3) is 0.167. The summed E-state index contributed by atoms with van der Waals surface area (Å²) in [5.74, 6) is -0.518. The summed E-state index contributed by atoms with van der Waals surface area (Å²) >= 11 is 0. The molecule has 202 valence electrons. The topological polar surface area (TPSA) is 130 Å². The lowest BCUT2D eigenvalue weighted by atomic mass is 9.97. The van der Waals surface area contributed by atoms with E-state index in [4.69, 9.17) is 4.74 Å². The third kappa shape index (κ3) is 6.05. The SMILES string of the molecule is C=C(C)c1c(C(=O)c2cc(C)cc(C#N)c2)n(Cc2cc(F)nc(NCc3ccc(OC)cc3)c2)c(=O)[nH]c1=O. The van der Waals surface area contributed by atoms with E-state index in [9.17, 15) is 24.0 Å². The Morgan fingerprint density at radius 1 is 1.15 bits per heavy atom. The number of hydrogen-bond donors (Lipinski definition) is 2. The quantitative estimate of drug-likeness (QED) is 0.241. The number of halogens is 1. The predicted octanol–water partition coefficient (Wildman–Crippen LogP) is 4.18. The van der Waals surface area contributed by atoms with Crippen molar-refractivity contribution in [1.82, 2.24) is 14.5 Å². The van der Waals surface area contributed by atoms with Crippen molar-refractivity contribution in [3.8, 4) is 11.8 Å². The van der Waals surface area contributed by atoms with Gasteiger partial charge in [-0.15, -0.1) is 0 Å². The van der Waals surface area contributed by atoms with Gasteiger partial charge in [0, 0.05) is 12.1 Å². The van der Waals surface area contributed by atoms with Gasteiger partial charge < -0.3 is 10.1 Å². The number of allylic oxidation sites excluding steroid dienone is 1. The molecule has 2 heterocycles. The van der Waals surface area contributed by atoms with Crippen LogP contribution >= 0.6 is 0 Å². The summed E-state index contributed by atoms with van der Waals surface area (Å²) in [6.45, 7) is 7.18. The second kappa shape index (κ2) is 11.6. The first-order valence-electron chi connectivity index (χ1n) is 12.2. The Kier molecular flexibility index (Phi) is 8.05. The summed E-state index contributed by atoms with van der Waals surface area (Å²) in [6.07, 6.45) is 0. The number of benzene rings is 2. The number of rotatable bonds is 9. The van der Waals surface area contributed by atoms with Crippen LogP contribution in [0.4, 0.5) is 10.2 Å². The molecule has 2 aromatic heterocycles. The number of ether oxygens (including phenoxy) is 1. The van der Waals surface area contributed by atoms with Crippen LogP contribution in [0.3, 0.4) is 0 Å². The Hall–Kier alpha value is -5.30. The minimum Gasteiger partial charge on any atom is -0.497 e. The molecule has 0 bridgehead atoms. The van der Waals surface area contributed by atoms with Gasteiger partial charge in [-0.1, -0.05) is 18.7 Å². The van der Waals surface area contributed by atoms with Crippen molar-refractivity contribution >= 4 is 17.2 Å². The standard InChI is InChI=1S/C30H26FN5O4/c1-17(2)26-27(28(37)22-10-18(3)9-20(11-22)14-32)36(30(39)35-29(26)38)16-21-12-24(31)34-25(13-21)33-15-19-5-7-23(40-4)8-6-19/h5-13H,1,15-16H2,2-4H3,(H,33,34)(H,35,38,39). The van der Waals surface area contributed by atoms with Crippen LogP contribution in [0.2, 0.25) is 0 Å². The van der Waals surface area contributed by atoms with E-state index in [1.807, 2.05) is 18.2 Å².